The van der Waals surface area contributed by atoms with Gasteiger partial charge in [0.1, 0.15) is 12.7 Å². The van der Waals surface area contributed by atoms with Crippen LogP contribution in [0, 0.1) is 6.92 Å². The highest BCUT2D eigenvalue weighted by molar-refractivity contribution is 5.91. The molecular weight excluding hydrogens is 278 g/mol. The Morgan fingerprint density at radius 2 is 1.86 bits per heavy atom. The van der Waals surface area contributed by atoms with Crippen LogP contribution < -0.4 is 14.8 Å². The minimum Gasteiger partial charge on any atom is -0.486 e. The molecule has 1 aliphatic rings. The lowest BCUT2D eigenvalue weighted by Gasteiger charge is -2.26. The van der Waals surface area contributed by atoms with Crippen LogP contribution in [-0.4, -0.2) is 18.6 Å². The highest BCUT2D eigenvalue weighted by Crippen LogP contribution is 2.31. The Morgan fingerprint density at radius 1 is 1.14 bits per heavy atom. The summed E-state index contributed by atoms with van der Waals surface area (Å²) in [7, 11) is 0. The van der Waals surface area contributed by atoms with E-state index in [0.717, 1.165) is 22.7 Å². The molecule has 4 heteroatoms. The van der Waals surface area contributed by atoms with Gasteiger partial charge in [0.25, 0.3) is 0 Å². The molecule has 1 amide bonds. The molecule has 2 aromatic carbocycles. The van der Waals surface area contributed by atoms with Crippen LogP contribution in [0.5, 0.6) is 11.5 Å². The number of benzene rings is 2. The van der Waals surface area contributed by atoms with Crippen molar-refractivity contribution in [3.05, 3.63) is 54.1 Å². The highest BCUT2D eigenvalue weighted by Gasteiger charge is 2.21. The molecule has 3 rings (SSSR count). The number of carbonyl (C=O) groups excluding carboxylic acids is 1. The number of amides is 1. The molecule has 0 spiro atoms. The first-order valence-electron chi connectivity index (χ1n) is 7.46. The predicted octanol–water partition coefficient (Wildman–Crippen LogP) is 3.55. The Bertz CT molecular complexity index is 669. The van der Waals surface area contributed by atoms with Gasteiger partial charge in [0.05, 0.1) is 0 Å². The van der Waals surface area contributed by atoms with Crippen LogP contribution in [0.15, 0.2) is 48.5 Å². The number of fused-ring (bicyclic) bond motifs is 1. The van der Waals surface area contributed by atoms with Gasteiger partial charge >= 0.3 is 0 Å². The average molecular weight is 297 g/mol. The summed E-state index contributed by atoms with van der Waals surface area (Å²) in [6.45, 7) is 2.46. The fourth-order valence-corrected chi connectivity index (χ4v) is 2.42. The number of nitrogens with one attached hydrogen (secondary N) is 1. The Morgan fingerprint density at radius 3 is 2.68 bits per heavy atom. The van der Waals surface area contributed by atoms with Crippen LogP contribution in [0.25, 0.3) is 0 Å². The van der Waals surface area contributed by atoms with E-state index in [4.69, 9.17) is 9.47 Å². The van der Waals surface area contributed by atoms with Crippen LogP contribution in [0.3, 0.4) is 0 Å². The highest BCUT2D eigenvalue weighted by atomic mass is 16.6. The average Bonchev–Trinajstić information content (AvgIpc) is 2.55. The molecule has 0 fully saturated rings. The first-order chi connectivity index (χ1) is 10.7. The van der Waals surface area contributed by atoms with Gasteiger partial charge < -0.3 is 14.8 Å². The Hall–Kier alpha value is -2.49. The predicted molar refractivity (Wildman–Crippen MR) is 85.4 cm³/mol. The molecule has 4 nitrogen and oxygen atoms in total. The summed E-state index contributed by atoms with van der Waals surface area (Å²) in [5.74, 6) is 1.51. The quantitative estimate of drug-likeness (QED) is 0.938. The molecule has 2 aromatic rings. The Balaban J connectivity index is 1.51. The van der Waals surface area contributed by atoms with Crippen molar-refractivity contribution in [1.82, 2.24) is 0 Å². The summed E-state index contributed by atoms with van der Waals surface area (Å²) in [5, 5.41) is 2.93. The molecular formula is C18H19NO3. The maximum atomic E-state index is 12.0. The van der Waals surface area contributed by atoms with Crippen molar-refractivity contribution in [2.24, 2.45) is 0 Å². The van der Waals surface area contributed by atoms with Crippen molar-refractivity contribution in [3.8, 4) is 11.5 Å². The summed E-state index contributed by atoms with van der Waals surface area (Å²) in [6.07, 6.45) is 0.953. The lowest BCUT2D eigenvalue weighted by Crippen LogP contribution is -2.30. The van der Waals surface area contributed by atoms with Gasteiger partial charge in [-0.25, -0.2) is 0 Å². The molecule has 0 radical (unpaired) electrons. The maximum Gasteiger partial charge on any atom is 0.224 e. The number of ether oxygens (including phenoxy) is 2. The molecule has 0 saturated carbocycles. The Kier molecular flexibility index (Phi) is 4.28. The van der Waals surface area contributed by atoms with Gasteiger partial charge in [-0.1, -0.05) is 30.3 Å². The number of rotatable bonds is 4. The lowest BCUT2D eigenvalue weighted by molar-refractivity contribution is -0.116. The zero-order valence-corrected chi connectivity index (χ0v) is 12.5. The van der Waals surface area contributed by atoms with Crippen molar-refractivity contribution in [3.63, 3.8) is 0 Å². The molecule has 1 N–H and O–H groups in total. The summed E-state index contributed by atoms with van der Waals surface area (Å²) in [4.78, 5) is 12.0. The van der Waals surface area contributed by atoms with E-state index >= 15 is 0 Å². The van der Waals surface area contributed by atoms with Crippen molar-refractivity contribution in [2.75, 3.05) is 11.9 Å². The van der Waals surface area contributed by atoms with Gasteiger partial charge in [0, 0.05) is 12.1 Å². The van der Waals surface area contributed by atoms with Gasteiger partial charge in [0.2, 0.25) is 5.91 Å². The normalized spacial score (nSPS) is 16.1. The van der Waals surface area contributed by atoms with Gasteiger partial charge in [0.15, 0.2) is 11.5 Å². The van der Waals surface area contributed by atoms with E-state index in [2.05, 4.69) is 5.32 Å². The van der Waals surface area contributed by atoms with Crippen LogP contribution in [0.4, 0.5) is 5.69 Å². The first-order valence-corrected chi connectivity index (χ1v) is 7.46. The number of carbonyl (C=O) groups is 1. The summed E-state index contributed by atoms with van der Waals surface area (Å²) < 4.78 is 11.5. The zero-order chi connectivity index (χ0) is 15.4. The second-order valence-electron chi connectivity index (χ2n) is 5.40. The standard InChI is InChI=1S/C18H19NO3/c1-13-6-2-3-7-15(13)19-18(20)11-10-14-12-21-16-8-4-5-9-17(16)22-14/h2-9,14H,10-12H2,1H3,(H,19,20)/t14-/m0/s1. The van der Waals surface area contributed by atoms with Crippen molar-refractivity contribution >= 4 is 11.6 Å². The number of aryl methyl sites for hydroxylation is 1. The number of hydrogen-bond acceptors (Lipinski definition) is 3. The molecule has 0 aromatic heterocycles. The fourth-order valence-electron chi connectivity index (χ4n) is 2.42. The van der Waals surface area contributed by atoms with Gasteiger partial charge in [-0.15, -0.1) is 0 Å². The zero-order valence-electron chi connectivity index (χ0n) is 12.5. The third-order valence-electron chi connectivity index (χ3n) is 3.68. The second kappa shape index (κ2) is 6.52. The molecule has 0 aliphatic carbocycles. The monoisotopic (exact) mass is 297 g/mol. The smallest absolute Gasteiger partial charge is 0.224 e. The maximum absolute atomic E-state index is 12.0. The molecule has 1 atom stereocenters. The molecule has 0 bridgehead atoms. The minimum atomic E-state index is -0.0856. The first kappa shape index (κ1) is 14.4. The van der Waals surface area contributed by atoms with Gasteiger partial charge in [-0.05, 0) is 37.1 Å². The summed E-state index contributed by atoms with van der Waals surface area (Å²) >= 11 is 0. The minimum absolute atomic E-state index is 0.00300. The fraction of sp³-hybridized carbons (Fsp3) is 0.278. The van der Waals surface area contributed by atoms with E-state index in [1.165, 1.54) is 0 Å². The second-order valence-corrected chi connectivity index (χ2v) is 5.40. The molecule has 114 valence electrons. The molecule has 0 saturated heterocycles. The van der Waals surface area contributed by atoms with Crippen LogP contribution in [0.2, 0.25) is 0 Å². The van der Waals surface area contributed by atoms with Crippen LogP contribution in [-0.2, 0) is 4.79 Å². The van der Waals surface area contributed by atoms with Gasteiger partial charge in [-0.3, -0.25) is 4.79 Å². The lowest BCUT2D eigenvalue weighted by atomic mass is 10.1. The Labute approximate surface area is 130 Å². The molecule has 22 heavy (non-hydrogen) atoms. The summed E-state index contributed by atoms with van der Waals surface area (Å²) in [6, 6.07) is 15.3. The van der Waals surface area contributed by atoms with E-state index in [0.29, 0.717) is 19.4 Å². The molecule has 1 heterocycles. The SMILES string of the molecule is Cc1ccccc1NC(=O)CC[C@H]1COc2ccccc2O1. The van der Waals surface area contributed by atoms with E-state index in [1.54, 1.807) is 0 Å². The van der Waals surface area contributed by atoms with E-state index in [1.807, 2.05) is 55.5 Å². The number of para-hydroxylation sites is 3. The number of hydrogen-bond donors (Lipinski definition) is 1. The van der Waals surface area contributed by atoms with E-state index in [9.17, 15) is 4.79 Å². The third kappa shape index (κ3) is 3.39. The van der Waals surface area contributed by atoms with E-state index in [-0.39, 0.29) is 12.0 Å². The molecule has 1 aliphatic heterocycles. The topological polar surface area (TPSA) is 47.6 Å². The summed E-state index contributed by atoms with van der Waals surface area (Å²) in [5.41, 5.74) is 1.92. The van der Waals surface area contributed by atoms with E-state index < -0.39 is 0 Å². The van der Waals surface area contributed by atoms with Crippen molar-refractivity contribution in [2.45, 2.75) is 25.9 Å². The number of anilines is 1. The largest absolute Gasteiger partial charge is 0.486 e. The third-order valence-corrected chi connectivity index (χ3v) is 3.68. The van der Waals surface area contributed by atoms with Gasteiger partial charge in [-0.2, -0.15) is 0 Å². The van der Waals surface area contributed by atoms with Crippen molar-refractivity contribution in [1.29, 1.82) is 0 Å². The van der Waals surface area contributed by atoms with Crippen molar-refractivity contribution < 1.29 is 14.3 Å². The molecule has 0 unspecified atom stereocenters. The van der Waals surface area contributed by atoms with Crippen LogP contribution in [0.1, 0.15) is 18.4 Å². The van der Waals surface area contributed by atoms with Crippen LogP contribution >= 0.6 is 0 Å².